The van der Waals surface area contributed by atoms with Crippen molar-refractivity contribution in [2.75, 3.05) is 19.0 Å². The minimum atomic E-state index is -0.676. The SMILES string of the molecule is CC(O/N=C/c1ccc(N(C)C)cc1)C(=O)NCc1ccc(Cl)cc1. The highest BCUT2D eigenvalue weighted by atomic mass is 35.5. The van der Waals surface area contributed by atoms with E-state index in [4.69, 9.17) is 16.4 Å². The zero-order valence-corrected chi connectivity index (χ0v) is 15.3. The summed E-state index contributed by atoms with van der Waals surface area (Å²) < 4.78 is 0. The molecule has 2 aromatic rings. The number of carbonyl (C=O) groups excluding carboxylic acids is 1. The highest BCUT2D eigenvalue weighted by molar-refractivity contribution is 6.30. The molecule has 1 unspecified atom stereocenters. The lowest BCUT2D eigenvalue weighted by Crippen LogP contribution is -2.33. The molecule has 1 atom stereocenters. The lowest BCUT2D eigenvalue weighted by atomic mass is 10.2. The third-order valence-electron chi connectivity index (χ3n) is 3.58. The van der Waals surface area contributed by atoms with Gasteiger partial charge in [-0.25, -0.2) is 0 Å². The second-order valence-electron chi connectivity index (χ2n) is 5.81. The van der Waals surface area contributed by atoms with Crippen molar-refractivity contribution in [2.45, 2.75) is 19.6 Å². The average Bonchev–Trinajstić information content (AvgIpc) is 2.61. The van der Waals surface area contributed by atoms with Crippen LogP contribution in [0.3, 0.4) is 0 Å². The van der Waals surface area contributed by atoms with Crippen LogP contribution in [-0.4, -0.2) is 32.3 Å². The molecule has 132 valence electrons. The van der Waals surface area contributed by atoms with Gasteiger partial charge in [0.25, 0.3) is 5.91 Å². The maximum atomic E-state index is 12.0. The maximum absolute atomic E-state index is 12.0. The average molecular weight is 360 g/mol. The highest BCUT2D eigenvalue weighted by Crippen LogP contribution is 2.11. The molecule has 0 aromatic heterocycles. The van der Waals surface area contributed by atoms with Gasteiger partial charge in [-0.2, -0.15) is 0 Å². The second-order valence-corrected chi connectivity index (χ2v) is 6.25. The van der Waals surface area contributed by atoms with Gasteiger partial charge in [-0.15, -0.1) is 0 Å². The summed E-state index contributed by atoms with van der Waals surface area (Å²) in [6.45, 7) is 2.07. The standard InChI is InChI=1S/C19H22ClN3O2/c1-14(19(24)21-12-15-4-8-17(20)9-5-15)25-22-13-16-6-10-18(11-7-16)23(2)3/h4-11,13-14H,12H2,1-3H3,(H,21,24)/b22-13+. The van der Waals surface area contributed by atoms with Crippen LogP contribution in [0, 0.1) is 0 Å². The van der Waals surface area contributed by atoms with Gasteiger partial charge in [0.1, 0.15) is 0 Å². The first-order chi connectivity index (χ1) is 12.0. The van der Waals surface area contributed by atoms with Crippen molar-refractivity contribution < 1.29 is 9.63 Å². The molecule has 1 amide bonds. The molecule has 2 aromatic carbocycles. The Morgan fingerprint density at radius 2 is 1.84 bits per heavy atom. The predicted octanol–water partition coefficient (Wildman–Crippen LogP) is 3.46. The summed E-state index contributed by atoms with van der Waals surface area (Å²) >= 11 is 5.83. The van der Waals surface area contributed by atoms with E-state index in [9.17, 15) is 4.79 Å². The molecule has 25 heavy (non-hydrogen) atoms. The zero-order valence-electron chi connectivity index (χ0n) is 14.6. The Bertz CT molecular complexity index is 712. The first-order valence-corrected chi connectivity index (χ1v) is 8.32. The van der Waals surface area contributed by atoms with E-state index in [0.29, 0.717) is 11.6 Å². The number of nitrogens with zero attached hydrogens (tertiary/aromatic N) is 2. The number of rotatable bonds is 7. The summed E-state index contributed by atoms with van der Waals surface area (Å²) in [5, 5.41) is 7.35. The lowest BCUT2D eigenvalue weighted by molar-refractivity contribution is -0.131. The van der Waals surface area contributed by atoms with Crippen LogP contribution < -0.4 is 10.2 Å². The van der Waals surface area contributed by atoms with Gasteiger partial charge in [0.15, 0.2) is 0 Å². The first-order valence-electron chi connectivity index (χ1n) is 7.94. The molecule has 0 saturated heterocycles. The van der Waals surface area contributed by atoms with E-state index < -0.39 is 6.10 Å². The molecule has 5 nitrogen and oxygen atoms in total. The summed E-state index contributed by atoms with van der Waals surface area (Å²) in [7, 11) is 3.97. The molecule has 0 fully saturated rings. The van der Waals surface area contributed by atoms with Crippen LogP contribution in [0.15, 0.2) is 53.7 Å². The van der Waals surface area contributed by atoms with Gasteiger partial charge in [-0.1, -0.05) is 41.0 Å². The summed E-state index contributed by atoms with van der Waals surface area (Å²) in [5.41, 5.74) is 2.97. The number of oxime groups is 1. The van der Waals surface area contributed by atoms with Crippen LogP contribution in [-0.2, 0) is 16.2 Å². The van der Waals surface area contributed by atoms with Crippen LogP contribution in [0.4, 0.5) is 5.69 Å². The molecular weight excluding hydrogens is 338 g/mol. The number of hydrogen-bond donors (Lipinski definition) is 1. The maximum Gasteiger partial charge on any atom is 0.263 e. The second kappa shape index (κ2) is 9.08. The summed E-state index contributed by atoms with van der Waals surface area (Å²) in [6.07, 6.45) is 0.909. The van der Waals surface area contributed by atoms with E-state index in [0.717, 1.165) is 16.8 Å². The molecule has 1 N–H and O–H groups in total. The molecule has 0 radical (unpaired) electrons. The van der Waals surface area contributed by atoms with E-state index in [1.54, 1.807) is 25.3 Å². The Morgan fingerprint density at radius 1 is 1.20 bits per heavy atom. The van der Waals surface area contributed by atoms with Crippen LogP contribution in [0.2, 0.25) is 5.02 Å². The zero-order chi connectivity index (χ0) is 18.2. The monoisotopic (exact) mass is 359 g/mol. The molecule has 0 aliphatic heterocycles. The summed E-state index contributed by atoms with van der Waals surface area (Å²) in [6, 6.07) is 15.2. The third kappa shape index (κ3) is 6.12. The number of nitrogens with one attached hydrogen (secondary N) is 1. The number of anilines is 1. The molecule has 0 heterocycles. The fraction of sp³-hybridized carbons (Fsp3) is 0.263. The normalized spacial score (nSPS) is 12.0. The van der Waals surface area contributed by atoms with Gasteiger partial charge in [0.05, 0.1) is 6.21 Å². The number of amides is 1. The van der Waals surface area contributed by atoms with Crippen molar-refractivity contribution in [1.29, 1.82) is 0 Å². The molecule has 0 aliphatic carbocycles. The van der Waals surface area contributed by atoms with Gasteiger partial charge in [-0.3, -0.25) is 4.79 Å². The van der Waals surface area contributed by atoms with E-state index in [2.05, 4.69) is 10.5 Å². The fourth-order valence-corrected chi connectivity index (χ4v) is 2.15. The molecule has 0 aliphatic rings. The first kappa shape index (κ1) is 18.8. The van der Waals surface area contributed by atoms with Crippen molar-refractivity contribution in [3.63, 3.8) is 0 Å². The molecule has 2 rings (SSSR count). The van der Waals surface area contributed by atoms with Crippen LogP contribution >= 0.6 is 11.6 Å². The number of benzene rings is 2. The molecule has 6 heteroatoms. The van der Waals surface area contributed by atoms with Gasteiger partial charge < -0.3 is 15.1 Å². The Hall–Kier alpha value is -2.53. The van der Waals surface area contributed by atoms with Gasteiger partial charge in [0, 0.05) is 31.4 Å². The smallest absolute Gasteiger partial charge is 0.263 e. The van der Waals surface area contributed by atoms with E-state index in [-0.39, 0.29) is 5.91 Å². The molecule has 0 saturated carbocycles. The van der Waals surface area contributed by atoms with Crippen molar-refractivity contribution in [3.05, 3.63) is 64.7 Å². The third-order valence-corrected chi connectivity index (χ3v) is 3.83. The largest absolute Gasteiger partial charge is 0.383 e. The van der Waals surface area contributed by atoms with E-state index in [1.807, 2.05) is 55.4 Å². The topological polar surface area (TPSA) is 53.9 Å². The van der Waals surface area contributed by atoms with E-state index in [1.165, 1.54) is 0 Å². The van der Waals surface area contributed by atoms with Crippen molar-refractivity contribution in [3.8, 4) is 0 Å². The lowest BCUT2D eigenvalue weighted by Gasteiger charge is -2.12. The van der Waals surface area contributed by atoms with Gasteiger partial charge >= 0.3 is 0 Å². The summed E-state index contributed by atoms with van der Waals surface area (Å²) in [5.74, 6) is -0.227. The van der Waals surface area contributed by atoms with Gasteiger partial charge in [0.2, 0.25) is 6.10 Å². The highest BCUT2D eigenvalue weighted by Gasteiger charge is 2.13. The van der Waals surface area contributed by atoms with Crippen LogP contribution in [0.5, 0.6) is 0 Å². The summed E-state index contributed by atoms with van der Waals surface area (Å²) in [4.78, 5) is 19.2. The van der Waals surface area contributed by atoms with Crippen molar-refractivity contribution >= 4 is 29.4 Å². The van der Waals surface area contributed by atoms with Crippen molar-refractivity contribution in [1.82, 2.24) is 5.32 Å². The number of hydrogen-bond acceptors (Lipinski definition) is 4. The number of carbonyl (C=O) groups is 1. The van der Waals surface area contributed by atoms with Crippen LogP contribution in [0.25, 0.3) is 0 Å². The van der Waals surface area contributed by atoms with E-state index >= 15 is 0 Å². The predicted molar refractivity (Wildman–Crippen MR) is 102 cm³/mol. The minimum absolute atomic E-state index is 0.227. The molecule has 0 bridgehead atoms. The van der Waals surface area contributed by atoms with Crippen molar-refractivity contribution in [2.24, 2.45) is 5.16 Å². The Balaban J connectivity index is 1.79. The van der Waals surface area contributed by atoms with Gasteiger partial charge in [-0.05, 0) is 42.3 Å². The Labute approximate surface area is 153 Å². The molecular formula is C19H22ClN3O2. The Kier molecular flexibility index (Phi) is 6.83. The number of halogens is 1. The molecule has 0 spiro atoms. The van der Waals surface area contributed by atoms with Crippen LogP contribution in [0.1, 0.15) is 18.1 Å². The fourth-order valence-electron chi connectivity index (χ4n) is 2.02. The Morgan fingerprint density at radius 3 is 2.44 bits per heavy atom. The minimum Gasteiger partial charge on any atom is -0.383 e. The quantitative estimate of drug-likeness (QED) is 0.608.